The van der Waals surface area contributed by atoms with Crippen LogP contribution in [0.1, 0.15) is 13.8 Å². The quantitative estimate of drug-likeness (QED) is 0.808. The van der Waals surface area contributed by atoms with Crippen LogP contribution < -0.4 is 15.4 Å². The number of rotatable bonds is 7. The van der Waals surface area contributed by atoms with Crippen molar-refractivity contribution in [3.8, 4) is 5.75 Å². The Morgan fingerprint density at radius 3 is 2.67 bits per heavy atom. The van der Waals surface area contributed by atoms with Gasteiger partial charge in [-0.15, -0.1) is 0 Å². The molecule has 0 heterocycles. The molecule has 5 heteroatoms. The van der Waals surface area contributed by atoms with Gasteiger partial charge in [0.2, 0.25) is 0 Å². The minimum Gasteiger partial charge on any atom is -0.484 e. The third kappa shape index (κ3) is 6.02. The Kier molecular flexibility index (Phi) is 6.75. The van der Waals surface area contributed by atoms with Crippen LogP contribution in [0.5, 0.6) is 5.75 Å². The summed E-state index contributed by atoms with van der Waals surface area (Å²) in [5.41, 5.74) is 0. The van der Waals surface area contributed by atoms with E-state index in [4.69, 9.17) is 4.74 Å². The standard InChI is InChI=1S/C13H19BrN2O2/c1-3-15-10(2)8-16-13(17)9-18-12-6-4-11(14)5-7-12/h4-7,10,15H,3,8-9H2,1-2H3,(H,16,17)/t10-/m1/s1. The molecule has 2 N–H and O–H groups in total. The summed E-state index contributed by atoms with van der Waals surface area (Å²) in [7, 11) is 0. The van der Waals surface area contributed by atoms with E-state index in [2.05, 4.69) is 26.6 Å². The summed E-state index contributed by atoms with van der Waals surface area (Å²) in [6.45, 7) is 5.61. The Hall–Kier alpha value is -1.07. The summed E-state index contributed by atoms with van der Waals surface area (Å²) in [5, 5.41) is 6.03. The van der Waals surface area contributed by atoms with Crippen molar-refractivity contribution in [3.05, 3.63) is 28.7 Å². The topological polar surface area (TPSA) is 50.4 Å². The highest BCUT2D eigenvalue weighted by molar-refractivity contribution is 9.10. The second-order valence-corrected chi connectivity index (χ2v) is 4.92. The van der Waals surface area contributed by atoms with Crippen LogP contribution in [-0.4, -0.2) is 31.6 Å². The molecule has 0 aliphatic rings. The number of halogens is 1. The van der Waals surface area contributed by atoms with Gasteiger partial charge in [-0.05, 0) is 37.7 Å². The summed E-state index contributed by atoms with van der Waals surface area (Å²) in [6, 6.07) is 7.66. The fourth-order valence-corrected chi connectivity index (χ4v) is 1.68. The van der Waals surface area contributed by atoms with Crippen molar-refractivity contribution < 1.29 is 9.53 Å². The lowest BCUT2D eigenvalue weighted by atomic mass is 10.3. The normalized spacial score (nSPS) is 11.9. The van der Waals surface area contributed by atoms with E-state index in [0.29, 0.717) is 12.3 Å². The maximum Gasteiger partial charge on any atom is 0.257 e. The first-order valence-electron chi connectivity index (χ1n) is 6.00. The molecule has 0 radical (unpaired) electrons. The van der Waals surface area contributed by atoms with E-state index >= 15 is 0 Å². The zero-order chi connectivity index (χ0) is 13.4. The molecule has 1 aromatic rings. The predicted molar refractivity (Wildman–Crippen MR) is 75.8 cm³/mol. The molecule has 1 rings (SSSR count). The molecule has 0 saturated heterocycles. The first kappa shape index (κ1) is 15.0. The van der Waals surface area contributed by atoms with Gasteiger partial charge in [0.25, 0.3) is 5.91 Å². The van der Waals surface area contributed by atoms with Gasteiger partial charge in [-0.1, -0.05) is 22.9 Å². The molecular formula is C13H19BrN2O2. The predicted octanol–water partition coefficient (Wildman–Crippen LogP) is 1.94. The average molecular weight is 315 g/mol. The van der Waals surface area contributed by atoms with Gasteiger partial charge in [0.15, 0.2) is 6.61 Å². The molecule has 1 atom stereocenters. The van der Waals surface area contributed by atoms with Crippen LogP contribution >= 0.6 is 15.9 Å². The number of likely N-dealkylation sites (N-methyl/N-ethyl adjacent to an activating group) is 1. The largest absolute Gasteiger partial charge is 0.484 e. The van der Waals surface area contributed by atoms with E-state index < -0.39 is 0 Å². The first-order chi connectivity index (χ1) is 8.61. The van der Waals surface area contributed by atoms with Crippen LogP contribution in [0.4, 0.5) is 0 Å². The van der Waals surface area contributed by atoms with Gasteiger partial charge < -0.3 is 15.4 Å². The lowest BCUT2D eigenvalue weighted by Gasteiger charge is -2.13. The van der Waals surface area contributed by atoms with Gasteiger partial charge in [-0.2, -0.15) is 0 Å². The molecule has 0 fully saturated rings. The highest BCUT2D eigenvalue weighted by atomic mass is 79.9. The zero-order valence-electron chi connectivity index (χ0n) is 10.7. The van der Waals surface area contributed by atoms with Gasteiger partial charge >= 0.3 is 0 Å². The molecule has 0 aliphatic heterocycles. The fraction of sp³-hybridized carbons (Fsp3) is 0.462. The van der Waals surface area contributed by atoms with E-state index in [1.54, 1.807) is 0 Å². The minimum absolute atomic E-state index is 0.0421. The fourth-order valence-electron chi connectivity index (χ4n) is 1.42. The molecule has 4 nitrogen and oxygen atoms in total. The van der Waals surface area contributed by atoms with Crippen LogP contribution in [0.3, 0.4) is 0 Å². The van der Waals surface area contributed by atoms with Crippen LogP contribution in [0.2, 0.25) is 0 Å². The highest BCUT2D eigenvalue weighted by Gasteiger charge is 2.05. The van der Waals surface area contributed by atoms with E-state index in [-0.39, 0.29) is 18.6 Å². The van der Waals surface area contributed by atoms with Gasteiger partial charge in [-0.3, -0.25) is 4.79 Å². The summed E-state index contributed by atoms with van der Waals surface area (Å²) < 4.78 is 6.35. The number of hydrogen-bond donors (Lipinski definition) is 2. The first-order valence-corrected chi connectivity index (χ1v) is 6.79. The molecule has 0 saturated carbocycles. The third-order valence-electron chi connectivity index (χ3n) is 2.34. The Morgan fingerprint density at radius 1 is 1.39 bits per heavy atom. The van der Waals surface area contributed by atoms with E-state index in [1.807, 2.05) is 38.1 Å². The van der Waals surface area contributed by atoms with Crippen molar-refractivity contribution in [1.82, 2.24) is 10.6 Å². The van der Waals surface area contributed by atoms with Crippen LogP contribution in [0.25, 0.3) is 0 Å². The number of amides is 1. The molecule has 0 spiro atoms. The summed E-state index contributed by atoms with van der Waals surface area (Å²) in [4.78, 5) is 11.5. The maximum absolute atomic E-state index is 11.5. The van der Waals surface area contributed by atoms with E-state index in [9.17, 15) is 4.79 Å². The van der Waals surface area contributed by atoms with E-state index in [1.165, 1.54) is 0 Å². The van der Waals surface area contributed by atoms with Gasteiger partial charge in [0.1, 0.15) is 5.75 Å². The van der Waals surface area contributed by atoms with Crippen molar-refractivity contribution >= 4 is 21.8 Å². The molecule has 0 aliphatic carbocycles. The number of carbonyl (C=O) groups excluding carboxylic acids is 1. The number of ether oxygens (including phenoxy) is 1. The summed E-state index contributed by atoms with van der Waals surface area (Å²) >= 11 is 3.34. The molecule has 0 aromatic heterocycles. The Balaban J connectivity index is 2.22. The number of benzene rings is 1. The van der Waals surface area contributed by atoms with Crippen LogP contribution in [0.15, 0.2) is 28.7 Å². The van der Waals surface area contributed by atoms with Gasteiger partial charge in [0, 0.05) is 17.1 Å². The SMILES string of the molecule is CCN[C@H](C)CNC(=O)COc1ccc(Br)cc1. The Morgan fingerprint density at radius 2 is 2.06 bits per heavy atom. The molecule has 1 amide bonds. The molecule has 100 valence electrons. The Labute approximate surface area is 116 Å². The second-order valence-electron chi connectivity index (χ2n) is 4.01. The van der Waals surface area contributed by atoms with Crippen LogP contribution in [-0.2, 0) is 4.79 Å². The smallest absolute Gasteiger partial charge is 0.257 e. The molecule has 1 aromatic carbocycles. The van der Waals surface area contributed by atoms with Crippen molar-refractivity contribution in [1.29, 1.82) is 0 Å². The van der Waals surface area contributed by atoms with Crippen molar-refractivity contribution in [2.45, 2.75) is 19.9 Å². The molecular weight excluding hydrogens is 296 g/mol. The van der Waals surface area contributed by atoms with Crippen molar-refractivity contribution in [3.63, 3.8) is 0 Å². The third-order valence-corrected chi connectivity index (χ3v) is 2.87. The summed E-state index contributed by atoms with van der Waals surface area (Å²) in [6.07, 6.45) is 0. The monoisotopic (exact) mass is 314 g/mol. The number of carbonyl (C=O) groups is 1. The van der Waals surface area contributed by atoms with Gasteiger partial charge in [-0.25, -0.2) is 0 Å². The lowest BCUT2D eigenvalue weighted by Crippen LogP contribution is -2.40. The highest BCUT2D eigenvalue weighted by Crippen LogP contribution is 2.15. The second kappa shape index (κ2) is 8.11. The zero-order valence-corrected chi connectivity index (χ0v) is 12.3. The Bertz CT molecular complexity index is 368. The van der Waals surface area contributed by atoms with Crippen molar-refractivity contribution in [2.24, 2.45) is 0 Å². The minimum atomic E-state index is -0.109. The lowest BCUT2D eigenvalue weighted by molar-refractivity contribution is -0.123. The molecule has 0 unspecified atom stereocenters. The summed E-state index contributed by atoms with van der Waals surface area (Å²) in [5.74, 6) is 0.579. The van der Waals surface area contributed by atoms with Crippen molar-refractivity contribution in [2.75, 3.05) is 19.7 Å². The molecule has 18 heavy (non-hydrogen) atoms. The average Bonchev–Trinajstić information content (AvgIpc) is 2.36. The maximum atomic E-state index is 11.5. The van der Waals surface area contributed by atoms with E-state index in [0.717, 1.165) is 11.0 Å². The number of hydrogen-bond acceptors (Lipinski definition) is 3. The number of nitrogens with one attached hydrogen (secondary N) is 2. The van der Waals surface area contributed by atoms with Crippen LogP contribution in [0, 0.1) is 0 Å². The van der Waals surface area contributed by atoms with Gasteiger partial charge in [0.05, 0.1) is 0 Å². The molecule has 0 bridgehead atoms.